The fourth-order valence-corrected chi connectivity index (χ4v) is 1.34. The topological polar surface area (TPSA) is 81.4 Å². The molecule has 0 aliphatic carbocycles. The minimum Gasteiger partial charge on any atom is -0.378 e. The predicted octanol–water partition coefficient (Wildman–Crippen LogP) is 0.0142. The van der Waals surface area contributed by atoms with Gasteiger partial charge in [-0.05, 0) is 0 Å². The smallest absolute Gasteiger partial charge is 0.113 e. The highest BCUT2D eigenvalue weighted by atomic mass is 19.1. The van der Waals surface area contributed by atoms with Gasteiger partial charge < -0.3 is 34.2 Å². The highest BCUT2D eigenvalue weighted by Crippen LogP contribution is 1.84. The van der Waals surface area contributed by atoms with E-state index in [2.05, 4.69) is 0 Å². The Kier molecular flexibility index (Phi) is 20.3. The molecule has 0 spiro atoms. The molecule has 0 unspecified atom stereocenters. The fourth-order valence-electron chi connectivity index (χ4n) is 1.34. The van der Waals surface area contributed by atoms with E-state index in [1.165, 1.54) is 0 Å². The number of ether oxygens (including phenoxy) is 6. The molecule has 0 atom stereocenters. The highest BCUT2D eigenvalue weighted by Gasteiger charge is 1.93. The molecule has 0 fully saturated rings. The first kappa shape index (κ1) is 21.6. The number of halogens is 1. The van der Waals surface area contributed by atoms with Gasteiger partial charge in [-0.15, -0.1) is 0 Å². The minimum atomic E-state index is -0.462. The first-order valence-electron chi connectivity index (χ1n) is 7.64. The summed E-state index contributed by atoms with van der Waals surface area (Å²) >= 11 is 0. The zero-order valence-corrected chi connectivity index (χ0v) is 13.3. The Morgan fingerprint density at radius 2 is 0.727 bits per heavy atom. The molecule has 0 aliphatic heterocycles. The molecule has 0 amide bonds. The molecule has 22 heavy (non-hydrogen) atoms. The van der Waals surface area contributed by atoms with E-state index in [-0.39, 0.29) is 6.61 Å². The molecule has 0 bridgehead atoms. The van der Waals surface area contributed by atoms with Crippen LogP contribution in [-0.2, 0) is 28.4 Å². The van der Waals surface area contributed by atoms with E-state index in [1.54, 1.807) is 0 Å². The van der Waals surface area contributed by atoms with Gasteiger partial charge in [-0.3, -0.25) is 0 Å². The SMILES string of the molecule is NCCOCCOCCOCCOCCOCCOCCF. The molecule has 0 aromatic rings. The van der Waals surface area contributed by atoms with Crippen LogP contribution in [0.3, 0.4) is 0 Å². The maximum absolute atomic E-state index is 11.7. The maximum Gasteiger partial charge on any atom is 0.113 e. The van der Waals surface area contributed by atoms with Crippen LogP contribution in [0.4, 0.5) is 4.39 Å². The summed E-state index contributed by atoms with van der Waals surface area (Å²) in [6.45, 7) is 5.81. The summed E-state index contributed by atoms with van der Waals surface area (Å²) in [4.78, 5) is 0. The van der Waals surface area contributed by atoms with Crippen molar-refractivity contribution in [1.82, 2.24) is 0 Å². The monoisotopic (exact) mass is 327 g/mol. The maximum atomic E-state index is 11.7. The number of rotatable bonds is 19. The van der Waals surface area contributed by atoms with Crippen LogP contribution in [-0.4, -0.2) is 92.5 Å². The van der Waals surface area contributed by atoms with Crippen molar-refractivity contribution < 1.29 is 32.8 Å². The second-order valence-corrected chi connectivity index (χ2v) is 4.15. The largest absolute Gasteiger partial charge is 0.378 e. The summed E-state index contributed by atoms with van der Waals surface area (Å²) in [6.07, 6.45) is 0. The predicted molar refractivity (Wildman–Crippen MR) is 79.9 cm³/mol. The average Bonchev–Trinajstić information content (AvgIpc) is 2.54. The van der Waals surface area contributed by atoms with Gasteiger partial charge in [0.1, 0.15) is 6.67 Å². The number of hydrogen-bond acceptors (Lipinski definition) is 7. The quantitative estimate of drug-likeness (QED) is 0.335. The standard InChI is InChI=1S/C14H30FNO6/c15-1-3-17-5-7-19-9-11-21-13-14-22-12-10-20-8-6-18-4-2-16/h1-14,16H2. The Bertz CT molecular complexity index is 182. The van der Waals surface area contributed by atoms with E-state index < -0.39 is 6.67 Å². The van der Waals surface area contributed by atoms with E-state index >= 15 is 0 Å². The third kappa shape index (κ3) is 19.7. The zero-order valence-electron chi connectivity index (χ0n) is 13.3. The van der Waals surface area contributed by atoms with Crippen LogP contribution in [0.2, 0.25) is 0 Å². The summed E-state index contributed by atoms with van der Waals surface area (Å²) in [5, 5.41) is 0. The van der Waals surface area contributed by atoms with E-state index in [0.29, 0.717) is 79.2 Å². The third-order valence-electron chi connectivity index (χ3n) is 2.34. The summed E-state index contributed by atoms with van der Waals surface area (Å²) in [5.74, 6) is 0. The van der Waals surface area contributed by atoms with Crippen LogP contribution in [0.15, 0.2) is 0 Å². The molecule has 8 heteroatoms. The molecule has 0 radical (unpaired) electrons. The molecule has 0 aliphatic rings. The van der Waals surface area contributed by atoms with Gasteiger partial charge in [-0.25, -0.2) is 4.39 Å². The van der Waals surface area contributed by atoms with E-state index in [0.717, 1.165) is 0 Å². The summed E-state index contributed by atoms with van der Waals surface area (Å²) in [7, 11) is 0. The first-order chi connectivity index (χ1) is 10.9. The van der Waals surface area contributed by atoms with E-state index in [9.17, 15) is 4.39 Å². The van der Waals surface area contributed by atoms with Crippen molar-refractivity contribution in [3.05, 3.63) is 0 Å². The zero-order chi connectivity index (χ0) is 16.1. The molecule has 2 N–H and O–H groups in total. The lowest BCUT2D eigenvalue weighted by molar-refractivity contribution is -0.0168. The lowest BCUT2D eigenvalue weighted by Gasteiger charge is -2.07. The Morgan fingerprint density at radius 1 is 0.455 bits per heavy atom. The van der Waals surface area contributed by atoms with Gasteiger partial charge in [0.25, 0.3) is 0 Å². The van der Waals surface area contributed by atoms with Gasteiger partial charge in [-0.2, -0.15) is 0 Å². The van der Waals surface area contributed by atoms with Gasteiger partial charge in [0.15, 0.2) is 0 Å². The molecule has 7 nitrogen and oxygen atoms in total. The molecule has 0 heterocycles. The average molecular weight is 327 g/mol. The van der Waals surface area contributed by atoms with Crippen molar-refractivity contribution >= 4 is 0 Å². The van der Waals surface area contributed by atoms with E-state index in [4.69, 9.17) is 34.2 Å². The van der Waals surface area contributed by atoms with Crippen molar-refractivity contribution in [2.45, 2.75) is 0 Å². The van der Waals surface area contributed by atoms with Crippen molar-refractivity contribution in [3.8, 4) is 0 Å². The van der Waals surface area contributed by atoms with Crippen LogP contribution in [0.25, 0.3) is 0 Å². The van der Waals surface area contributed by atoms with Crippen LogP contribution in [0, 0.1) is 0 Å². The molecule has 0 saturated heterocycles. The normalized spacial score (nSPS) is 11.2. The summed E-state index contributed by atoms with van der Waals surface area (Å²) in [6, 6.07) is 0. The lowest BCUT2D eigenvalue weighted by Crippen LogP contribution is -2.15. The molecular formula is C14H30FNO6. The Hall–Kier alpha value is -0.350. The van der Waals surface area contributed by atoms with Crippen molar-refractivity contribution in [2.24, 2.45) is 5.73 Å². The molecular weight excluding hydrogens is 297 g/mol. The summed E-state index contributed by atoms with van der Waals surface area (Å²) < 4.78 is 42.9. The van der Waals surface area contributed by atoms with Gasteiger partial charge in [0, 0.05) is 6.54 Å². The molecule has 0 aromatic carbocycles. The molecule has 134 valence electrons. The van der Waals surface area contributed by atoms with Crippen molar-refractivity contribution in [1.29, 1.82) is 0 Å². The lowest BCUT2D eigenvalue weighted by atomic mass is 10.6. The van der Waals surface area contributed by atoms with Crippen LogP contribution in [0.5, 0.6) is 0 Å². The van der Waals surface area contributed by atoms with Crippen LogP contribution >= 0.6 is 0 Å². The van der Waals surface area contributed by atoms with Gasteiger partial charge in [-0.1, -0.05) is 0 Å². The Morgan fingerprint density at radius 3 is 1.00 bits per heavy atom. The van der Waals surface area contributed by atoms with Gasteiger partial charge in [0.05, 0.1) is 79.3 Å². The second kappa shape index (κ2) is 20.6. The fraction of sp³-hybridized carbons (Fsp3) is 1.00. The van der Waals surface area contributed by atoms with Crippen molar-refractivity contribution in [2.75, 3.05) is 92.5 Å². The first-order valence-corrected chi connectivity index (χ1v) is 7.64. The number of nitrogens with two attached hydrogens (primary N) is 1. The molecule has 0 rings (SSSR count). The Labute approximate surface area is 132 Å². The van der Waals surface area contributed by atoms with E-state index in [1.807, 2.05) is 0 Å². The van der Waals surface area contributed by atoms with Crippen LogP contribution < -0.4 is 5.73 Å². The van der Waals surface area contributed by atoms with Crippen molar-refractivity contribution in [3.63, 3.8) is 0 Å². The highest BCUT2D eigenvalue weighted by molar-refractivity contribution is 4.37. The number of hydrogen-bond donors (Lipinski definition) is 1. The van der Waals surface area contributed by atoms with Crippen LogP contribution in [0.1, 0.15) is 0 Å². The summed E-state index contributed by atoms with van der Waals surface area (Å²) in [5.41, 5.74) is 5.28. The molecule has 0 saturated carbocycles. The van der Waals surface area contributed by atoms with Gasteiger partial charge in [0.2, 0.25) is 0 Å². The minimum absolute atomic E-state index is 0.127. The number of alkyl halides is 1. The van der Waals surface area contributed by atoms with Gasteiger partial charge >= 0.3 is 0 Å². The Balaban J connectivity index is 2.91. The molecule has 0 aromatic heterocycles. The second-order valence-electron chi connectivity index (χ2n) is 4.15. The third-order valence-corrected chi connectivity index (χ3v) is 2.34.